The molecule has 114 valence electrons. The van der Waals surface area contributed by atoms with E-state index >= 15 is 0 Å². The molecular weight excluding hydrogens is 303 g/mol. The van der Waals surface area contributed by atoms with Gasteiger partial charge in [-0.05, 0) is 18.6 Å². The average molecular weight is 316 g/mol. The molecule has 0 spiro atoms. The lowest BCUT2D eigenvalue weighted by Gasteiger charge is -2.19. The Morgan fingerprint density at radius 3 is 2.67 bits per heavy atom. The van der Waals surface area contributed by atoms with E-state index in [1.165, 1.54) is 4.90 Å². The summed E-state index contributed by atoms with van der Waals surface area (Å²) < 4.78 is 36.2. The maximum Gasteiger partial charge on any atom is 0.305 e. The van der Waals surface area contributed by atoms with E-state index in [-0.39, 0.29) is 30.2 Å². The zero-order valence-corrected chi connectivity index (χ0v) is 11.8. The molecule has 0 aromatic heterocycles. The van der Waals surface area contributed by atoms with Crippen LogP contribution >= 0.6 is 0 Å². The quantitative estimate of drug-likeness (QED) is 0.599. The summed E-state index contributed by atoms with van der Waals surface area (Å²) in [5, 5.41) is 10.7. The fourth-order valence-electron chi connectivity index (χ4n) is 2.11. The molecule has 2 rings (SSSR count). The van der Waals surface area contributed by atoms with E-state index in [9.17, 15) is 27.7 Å². The van der Waals surface area contributed by atoms with Gasteiger partial charge in [-0.25, -0.2) is 8.42 Å². The van der Waals surface area contributed by atoms with E-state index in [1.807, 2.05) is 0 Å². The maximum absolute atomic E-state index is 13.2. The van der Waals surface area contributed by atoms with Gasteiger partial charge in [0.1, 0.15) is 0 Å². The molecule has 0 bridgehead atoms. The number of hydrogen-bond donors (Lipinski definition) is 0. The molecule has 1 aliphatic rings. The van der Waals surface area contributed by atoms with Crippen LogP contribution in [0.4, 0.5) is 10.1 Å². The second-order valence-electron chi connectivity index (χ2n) is 4.72. The molecule has 21 heavy (non-hydrogen) atoms. The van der Waals surface area contributed by atoms with Gasteiger partial charge >= 0.3 is 5.69 Å². The Labute approximate surface area is 120 Å². The number of hydrogen-bond acceptors (Lipinski definition) is 5. The van der Waals surface area contributed by atoms with E-state index in [0.29, 0.717) is 6.42 Å². The molecule has 1 amide bonds. The average Bonchev–Trinajstić information content (AvgIpc) is 2.59. The summed E-state index contributed by atoms with van der Waals surface area (Å²) >= 11 is 0. The minimum Gasteiger partial charge on any atom is -0.338 e. The van der Waals surface area contributed by atoms with Crippen LogP contribution in [0.5, 0.6) is 0 Å². The number of sulfone groups is 1. The standard InChI is InChI=1S/C12H13FN2O5S/c13-10-3-2-9(8-11(10)15(17)18)12(16)14-4-1-6-21(19,20)7-5-14/h2-3,8H,1,4-7H2. The number of halogens is 1. The van der Waals surface area contributed by atoms with Gasteiger partial charge in [0.05, 0.1) is 16.4 Å². The molecule has 1 fully saturated rings. The van der Waals surface area contributed by atoms with Crippen molar-refractivity contribution < 1.29 is 22.5 Å². The van der Waals surface area contributed by atoms with Crippen molar-refractivity contribution in [2.75, 3.05) is 24.6 Å². The van der Waals surface area contributed by atoms with Crippen LogP contribution in [0.15, 0.2) is 18.2 Å². The van der Waals surface area contributed by atoms with Crippen LogP contribution in [0.25, 0.3) is 0 Å². The summed E-state index contributed by atoms with van der Waals surface area (Å²) in [4.78, 5) is 23.3. The van der Waals surface area contributed by atoms with Crippen LogP contribution in [0.2, 0.25) is 0 Å². The van der Waals surface area contributed by atoms with Crippen LogP contribution in [0.3, 0.4) is 0 Å². The van der Waals surface area contributed by atoms with Gasteiger partial charge in [-0.3, -0.25) is 14.9 Å². The van der Waals surface area contributed by atoms with Crippen LogP contribution < -0.4 is 0 Å². The van der Waals surface area contributed by atoms with Gasteiger partial charge < -0.3 is 4.90 Å². The van der Waals surface area contributed by atoms with Crippen molar-refractivity contribution in [3.05, 3.63) is 39.7 Å². The largest absolute Gasteiger partial charge is 0.338 e. The molecular formula is C12H13FN2O5S. The first-order valence-electron chi connectivity index (χ1n) is 6.24. The number of benzene rings is 1. The van der Waals surface area contributed by atoms with Crippen LogP contribution in [-0.4, -0.2) is 48.7 Å². The van der Waals surface area contributed by atoms with Gasteiger partial charge in [0, 0.05) is 24.7 Å². The Balaban J connectivity index is 2.24. The van der Waals surface area contributed by atoms with Gasteiger partial charge in [-0.1, -0.05) is 0 Å². The lowest BCUT2D eigenvalue weighted by molar-refractivity contribution is -0.387. The van der Waals surface area contributed by atoms with Crippen molar-refractivity contribution in [1.29, 1.82) is 0 Å². The van der Waals surface area contributed by atoms with Crippen molar-refractivity contribution in [1.82, 2.24) is 4.90 Å². The normalized spacial score (nSPS) is 18.0. The highest BCUT2D eigenvalue weighted by atomic mass is 32.2. The third-order valence-electron chi connectivity index (χ3n) is 3.23. The van der Waals surface area contributed by atoms with Crippen LogP contribution in [0.1, 0.15) is 16.8 Å². The molecule has 1 heterocycles. The van der Waals surface area contributed by atoms with Gasteiger partial charge in [0.15, 0.2) is 9.84 Å². The zero-order chi connectivity index (χ0) is 15.6. The van der Waals surface area contributed by atoms with E-state index in [0.717, 1.165) is 18.2 Å². The molecule has 1 aliphatic heterocycles. The third-order valence-corrected chi connectivity index (χ3v) is 4.95. The molecule has 1 aromatic rings. The number of nitro benzene ring substituents is 1. The molecule has 0 atom stereocenters. The van der Waals surface area contributed by atoms with Crippen molar-refractivity contribution in [3.63, 3.8) is 0 Å². The summed E-state index contributed by atoms with van der Waals surface area (Å²) in [7, 11) is -3.16. The number of amides is 1. The zero-order valence-electron chi connectivity index (χ0n) is 11.0. The molecule has 1 saturated heterocycles. The Morgan fingerprint density at radius 1 is 1.29 bits per heavy atom. The van der Waals surface area contributed by atoms with Crippen molar-refractivity contribution in [2.45, 2.75) is 6.42 Å². The highest BCUT2D eigenvalue weighted by Crippen LogP contribution is 2.20. The summed E-state index contributed by atoms with van der Waals surface area (Å²) in [6, 6.07) is 2.89. The molecule has 0 saturated carbocycles. The van der Waals surface area contributed by atoms with Crippen molar-refractivity contribution in [2.24, 2.45) is 0 Å². The molecule has 0 radical (unpaired) electrons. The fraction of sp³-hybridized carbons (Fsp3) is 0.417. The monoisotopic (exact) mass is 316 g/mol. The first-order valence-corrected chi connectivity index (χ1v) is 8.06. The fourth-order valence-corrected chi connectivity index (χ4v) is 3.38. The number of rotatable bonds is 2. The molecule has 0 aliphatic carbocycles. The lowest BCUT2D eigenvalue weighted by atomic mass is 10.1. The second kappa shape index (κ2) is 5.76. The number of carbonyl (C=O) groups excluding carboxylic acids is 1. The van der Waals surface area contributed by atoms with E-state index in [4.69, 9.17) is 0 Å². The third kappa shape index (κ3) is 3.54. The van der Waals surface area contributed by atoms with Gasteiger partial charge in [-0.15, -0.1) is 0 Å². The molecule has 0 unspecified atom stereocenters. The smallest absolute Gasteiger partial charge is 0.305 e. The minimum atomic E-state index is -3.16. The summed E-state index contributed by atoms with van der Waals surface area (Å²) in [6.07, 6.45) is 0.317. The number of carbonyl (C=O) groups is 1. The van der Waals surface area contributed by atoms with E-state index in [1.54, 1.807) is 0 Å². The number of nitro groups is 1. The highest BCUT2D eigenvalue weighted by Gasteiger charge is 2.25. The second-order valence-corrected chi connectivity index (χ2v) is 7.02. The lowest BCUT2D eigenvalue weighted by Crippen LogP contribution is -2.33. The molecule has 1 aromatic carbocycles. The van der Waals surface area contributed by atoms with Gasteiger partial charge in [0.2, 0.25) is 5.82 Å². The van der Waals surface area contributed by atoms with Crippen molar-refractivity contribution >= 4 is 21.4 Å². The van der Waals surface area contributed by atoms with Crippen molar-refractivity contribution in [3.8, 4) is 0 Å². The predicted molar refractivity (Wildman–Crippen MR) is 72.2 cm³/mol. The van der Waals surface area contributed by atoms with E-state index < -0.39 is 32.2 Å². The first kappa shape index (κ1) is 15.4. The summed E-state index contributed by atoms with van der Waals surface area (Å²) in [5.41, 5.74) is -0.800. The van der Waals surface area contributed by atoms with Gasteiger partial charge in [-0.2, -0.15) is 4.39 Å². The Hall–Kier alpha value is -2.03. The molecule has 7 nitrogen and oxygen atoms in total. The SMILES string of the molecule is O=C(c1ccc(F)c([N+](=O)[O-])c1)N1CCCS(=O)(=O)CC1. The number of nitrogens with zero attached hydrogens (tertiary/aromatic N) is 2. The predicted octanol–water partition coefficient (Wildman–Crippen LogP) is 0.995. The Kier molecular flexibility index (Phi) is 4.21. The maximum atomic E-state index is 13.2. The first-order chi connectivity index (χ1) is 9.80. The minimum absolute atomic E-state index is 0.0142. The van der Waals surface area contributed by atoms with Crippen LogP contribution in [0, 0.1) is 15.9 Å². The van der Waals surface area contributed by atoms with E-state index in [2.05, 4.69) is 0 Å². The molecule has 0 N–H and O–H groups in total. The summed E-state index contributed by atoms with van der Waals surface area (Å²) in [6.45, 7) is 0.287. The Bertz CT molecular complexity index is 689. The topological polar surface area (TPSA) is 97.6 Å². The molecule has 9 heteroatoms. The Morgan fingerprint density at radius 2 is 2.00 bits per heavy atom. The van der Waals surface area contributed by atoms with Crippen LogP contribution in [-0.2, 0) is 9.84 Å². The highest BCUT2D eigenvalue weighted by molar-refractivity contribution is 7.91. The summed E-state index contributed by atoms with van der Waals surface area (Å²) in [5.74, 6) is -1.67. The van der Waals surface area contributed by atoms with Gasteiger partial charge in [0.25, 0.3) is 5.91 Å².